The molecule has 4 nitrogen and oxygen atoms in total. The summed E-state index contributed by atoms with van der Waals surface area (Å²) in [5, 5.41) is 15.1. The Hall–Kier alpha value is -1.81. The van der Waals surface area contributed by atoms with Crippen LogP contribution in [0, 0.1) is 13.8 Å². The number of aliphatic hydroxyl groups excluding tert-OH is 1. The number of hydrogen-bond acceptors (Lipinski definition) is 3. The van der Waals surface area contributed by atoms with Gasteiger partial charge in [0, 0.05) is 12.6 Å². The molecule has 1 N–H and O–H groups in total. The molecule has 4 heteroatoms. The summed E-state index contributed by atoms with van der Waals surface area (Å²) in [5.41, 5.74) is 4.74. The molecule has 1 aromatic heterocycles. The van der Waals surface area contributed by atoms with Gasteiger partial charge in [0.1, 0.15) is 11.9 Å². The SMILES string of the molecule is CCc1cc(C(O)c2ccc(C)c(C)c2OC)n(C)n1. The predicted molar refractivity (Wildman–Crippen MR) is 79.1 cm³/mol. The van der Waals surface area contributed by atoms with Crippen LogP contribution in [0.4, 0.5) is 0 Å². The summed E-state index contributed by atoms with van der Waals surface area (Å²) in [5.74, 6) is 0.747. The molecule has 108 valence electrons. The fraction of sp³-hybridized carbons (Fsp3) is 0.438. The first-order valence-corrected chi connectivity index (χ1v) is 6.84. The van der Waals surface area contributed by atoms with Crippen LogP contribution < -0.4 is 4.74 Å². The highest BCUT2D eigenvalue weighted by Gasteiger charge is 2.21. The van der Waals surface area contributed by atoms with E-state index in [9.17, 15) is 5.11 Å². The number of aliphatic hydroxyl groups is 1. The highest BCUT2D eigenvalue weighted by Crippen LogP contribution is 2.34. The minimum absolute atomic E-state index is 0.734. The van der Waals surface area contributed by atoms with Crippen LogP contribution in [0.25, 0.3) is 0 Å². The van der Waals surface area contributed by atoms with Crippen LogP contribution >= 0.6 is 0 Å². The Kier molecular flexibility index (Phi) is 4.14. The Morgan fingerprint density at radius 1 is 1.35 bits per heavy atom. The summed E-state index contributed by atoms with van der Waals surface area (Å²) < 4.78 is 7.22. The monoisotopic (exact) mass is 274 g/mol. The van der Waals surface area contributed by atoms with Gasteiger partial charge in [-0.25, -0.2) is 0 Å². The Labute approximate surface area is 120 Å². The van der Waals surface area contributed by atoms with E-state index in [1.54, 1.807) is 11.8 Å². The molecule has 0 radical (unpaired) electrons. The lowest BCUT2D eigenvalue weighted by atomic mass is 9.99. The molecule has 0 amide bonds. The summed E-state index contributed by atoms with van der Waals surface area (Å²) in [6.07, 6.45) is 0.118. The summed E-state index contributed by atoms with van der Waals surface area (Å²) in [4.78, 5) is 0. The zero-order chi connectivity index (χ0) is 14.9. The van der Waals surface area contributed by atoms with Crippen molar-refractivity contribution in [3.63, 3.8) is 0 Å². The molecule has 0 saturated heterocycles. The van der Waals surface area contributed by atoms with Crippen LogP contribution in [0.3, 0.4) is 0 Å². The Morgan fingerprint density at radius 3 is 2.60 bits per heavy atom. The molecule has 0 aliphatic rings. The Morgan fingerprint density at radius 2 is 2.05 bits per heavy atom. The van der Waals surface area contributed by atoms with Gasteiger partial charge >= 0.3 is 0 Å². The van der Waals surface area contributed by atoms with E-state index in [4.69, 9.17) is 4.74 Å². The van der Waals surface area contributed by atoms with E-state index < -0.39 is 6.10 Å². The van der Waals surface area contributed by atoms with Gasteiger partial charge in [0.15, 0.2) is 0 Å². The van der Waals surface area contributed by atoms with Gasteiger partial charge in [0.25, 0.3) is 0 Å². The molecule has 1 atom stereocenters. The lowest BCUT2D eigenvalue weighted by Gasteiger charge is -2.18. The van der Waals surface area contributed by atoms with Crippen LogP contribution in [0.2, 0.25) is 0 Å². The largest absolute Gasteiger partial charge is 0.496 e. The molecule has 0 saturated carbocycles. The second kappa shape index (κ2) is 5.67. The lowest BCUT2D eigenvalue weighted by molar-refractivity contribution is 0.204. The standard InChI is InChI=1S/C16H22N2O2/c1-6-12-9-14(18(4)17-12)15(19)13-8-7-10(2)11(3)16(13)20-5/h7-9,15,19H,6H2,1-5H3. The first-order chi connectivity index (χ1) is 9.49. The van der Waals surface area contributed by atoms with E-state index in [-0.39, 0.29) is 0 Å². The van der Waals surface area contributed by atoms with Crippen molar-refractivity contribution in [2.75, 3.05) is 7.11 Å². The number of aromatic nitrogens is 2. The molecule has 0 aliphatic carbocycles. The van der Waals surface area contributed by atoms with Crippen molar-refractivity contribution in [2.24, 2.45) is 7.05 Å². The highest BCUT2D eigenvalue weighted by molar-refractivity contribution is 5.48. The quantitative estimate of drug-likeness (QED) is 0.932. The summed E-state index contributed by atoms with van der Waals surface area (Å²) in [6, 6.07) is 5.87. The Balaban J connectivity index is 2.50. The minimum atomic E-state index is -0.734. The van der Waals surface area contributed by atoms with E-state index in [1.807, 2.05) is 39.1 Å². The maximum absolute atomic E-state index is 10.7. The highest BCUT2D eigenvalue weighted by atomic mass is 16.5. The maximum Gasteiger partial charge on any atom is 0.128 e. The maximum atomic E-state index is 10.7. The van der Waals surface area contributed by atoms with Crippen LogP contribution in [-0.2, 0) is 13.5 Å². The minimum Gasteiger partial charge on any atom is -0.496 e. The third-order valence-electron chi connectivity index (χ3n) is 3.81. The van der Waals surface area contributed by atoms with Gasteiger partial charge in [-0.3, -0.25) is 4.68 Å². The first-order valence-electron chi connectivity index (χ1n) is 6.84. The number of rotatable bonds is 4. The molecule has 1 unspecified atom stereocenters. The number of aryl methyl sites for hydroxylation is 3. The summed E-state index contributed by atoms with van der Waals surface area (Å²) >= 11 is 0. The molecule has 20 heavy (non-hydrogen) atoms. The van der Waals surface area contributed by atoms with Gasteiger partial charge in [-0.1, -0.05) is 19.1 Å². The molecule has 2 rings (SSSR count). The van der Waals surface area contributed by atoms with E-state index in [0.29, 0.717) is 0 Å². The molecular weight excluding hydrogens is 252 g/mol. The van der Waals surface area contributed by atoms with E-state index in [0.717, 1.165) is 40.2 Å². The molecule has 0 aliphatic heterocycles. The fourth-order valence-corrected chi connectivity index (χ4v) is 2.43. The van der Waals surface area contributed by atoms with Gasteiger partial charge < -0.3 is 9.84 Å². The van der Waals surface area contributed by atoms with Crippen molar-refractivity contribution in [1.29, 1.82) is 0 Å². The van der Waals surface area contributed by atoms with Crippen LogP contribution in [0.1, 0.15) is 41.1 Å². The van der Waals surface area contributed by atoms with Crippen molar-refractivity contribution in [1.82, 2.24) is 9.78 Å². The third-order valence-corrected chi connectivity index (χ3v) is 3.81. The van der Waals surface area contributed by atoms with Gasteiger partial charge in [-0.15, -0.1) is 0 Å². The summed E-state index contributed by atoms with van der Waals surface area (Å²) in [6.45, 7) is 6.09. The lowest BCUT2D eigenvalue weighted by Crippen LogP contribution is -2.09. The van der Waals surface area contributed by atoms with E-state index in [1.165, 1.54) is 0 Å². The number of methoxy groups -OCH3 is 1. The molecule has 2 aromatic rings. The van der Waals surface area contributed by atoms with Gasteiger partial charge in [-0.2, -0.15) is 5.10 Å². The van der Waals surface area contributed by atoms with Crippen molar-refractivity contribution >= 4 is 0 Å². The number of benzene rings is 1. The third kappa shape index (κ3) is 2.43. The summed E-state index contributed by atoms with van der Waals surface area (Å²) in [7, 11) is 3.49. The van der Waals surface area contributed by atoms with E-state index in [2.05, 4.69) is 12.0 Å². The number of nitrogens with zero attached hydrogens (tertiary/aromatic N) is 2. The van der Waals surface area contributed by atoms with Crippen molar-refractivity contribution in [2.45, 2.75) is 33.3 Å². The average molecular weight is 274 g/mol. The molecule has 0 spiro atoms. The second-order valence-electron chi connectivity index (χ2n) is 5.07. The van der Waals surface area contributed by atoms with Crippen LogP contribution in [0.15, 0.2) is 18.2 Å². The first kappa shape index (κ1) is 14.6. The van der Waals surface area contributed by atoms with Gasteiger partial charge in [0.05, 0.1) is 18.5 Å². The topological polar surface area (TPSA) is 47.3 Å². The molecular formula is C16H22N2O2. The van der Waals surface area contributed by atoms with Crippen molar-refractivity contribution in [3.8, 4) is 5.75 Å². The zero-order valence-corrected chi connectivity index (χ0v) is 12.8. The van der Waals surface area contributed by atoms with Crippen LogP contribution in [0.5, 0.6) is 5.75 Å². The van der Waals surface area contributed by atoms with Crippen molar-refractivity contribution < 1.29 is 9.84 Å². The average Bonchev–Trinajstić information content (AvgIpc) is 2.82. The number of ether oxygens (including phenoxy) is 1. The number of hydrogen-bond donors (Lipinski definition) is 1. The van der Waals surface area contributed by atoms with E-state index >= 15 is 0 Å². The van der Waals surface area contributed by atoms with Gasteiger partial charge in [-0.05, 0) is 37.5 Å². The molecule has 1 aromatic carbocycles. The molecule has 1 heterocycles. The zero-order valence-electron chi connectivity index (χ0n) is 12.8. The van der Waals surface area contributed by atoms with Crippen molar-refractivity contribution in [3.05, 3.63) is 46.3 Å². The Bertz CT molecular complexity index is 617. The van der Waals surface area contributed by atoms with Crippen LogP contribution in [-0.4, -0.2) is 22.0 Å². The van der Waals surface area contributed by atoms with Gasteiger partial charge in [0.2, 0.25) is 0 Å². The normalized spacial score (nSPS) is 12.5. The second-order valence-corrected chi connectivity index (χ2v) is 5.07. The smallest absolute Gasteiger partial charge is 0.128 e. The molecule has 0 bridgehead atoms. The predicted octanol–water partition coefficient (Wildman–Crippen LogP) is 2.69. The fourth-order valence-electron chi connectivity index (χ4n) is 2.43. The molecule has 0 fully saturated rings.